The summed E-state index contributed by atoms with van der Waals surface area (Å²) in [5, 5.41) is 7.42. The molecule has 0 heterocycles. The highest BCUT2D eigenvalue weighted by atomic mass is 16.4. The van der Waals surface area contributed by atoms with E-state index < -0.39 is 5.97 Å². The minimum Gasteiger partial charge on any atom is -0.481 e. The average molecular weight is 330 g/mol. The van der Waals surface area contributed by atoms with Crippen LogP contribution in [0.4, 0.5) is 0 Å². The number of unbranched alkanes of at least 4 members (excludes halogenated alkanes) is 12. The van der Waals surface area contributed by atoms with Crippen LogP contribution in [0.1, 0.15) is 118 Å². The molecule has 140 valence electrons. The molecule has 0 fully saturated rings. The molecular formula is C20H43NO2. The average Bonchev–Trinajstić information content (AvgIpc) is 2.42. The van der Waals surface area contributed by atoms with Gasteiger partial charge in [0.2, 0.25) is 0 Å². The highest BCUT2D eigenvalue weighted by Crippen LogP contribution is 2.15. The zero-order chi connectivity index (χ0) is 18.0. The lowest BCUT2D eigenvalue weighted by atomic mass is 9.97. The lowest BCUT2D eigenvalue weighted by molar-refractivity contribution is -0.134. The van der Waals surface area contributed by atoms with Gasteiger partial charge in [0.1, 0.15) is 0 Å². The molecule has 3 N–H and O–H groups in total. The molecule has 0 amide bonds. The van der Waals surface area contributed by atoms with Crippen molar-refractivity contribution in [3.8, 4) is 0 Å². The second-order valence-electron chi connectivity index (χ2n) is 7.50. The van der Waals surface area contributed by atoms with E-state index in [1.165, 1.54) is 89.9 Å². The molecule has 0 aromatic heterocycles. The van der Waals surface area contributed by atoms with Crippen molar-refractivity contribution in [3.63, 3.8) is 0 Å². The molecule has 0 aliphatic heterocycles. The molecule has 0 rings (SSSR count). The van der Waals surface area contributed by atoms with Crippen LogP contribution in [-0.2, 0) is 4.79 Å². The summed E-state index contributed by atoms with van der Waals surface area (Å²) in [5.41, 5.74) is 6.01. The van der Waals surface area contributed by atoms with Crippen LogP contribution in [0.5, 0.6) is 0 Å². The summed E-state index contributed by atoms with van der Waals surface area (Å²) in [5.74, 6) is -0.833. The molecule has 0 saturated carbocycles. The molecular weight excluding hydrogens is 286 g/mol. The monoisotopic (exact) mass is 329 g/mol. The van der Waals surface area contributed by atoms with Gasteiger partial charge >= 0.3 is 0 Å². The van der Waals surface area contributed by atoms with Gasteiger partial charge in [0.15, 0.2) is 0 Å². The summed E-state index contributed by atoms with van der Waals surface area (Å²) in [7, 11) is 0. The molecule has 0 aromatic rings. The third-order valence-corrected chi connectivity index (χ3v) is 3.92. The summed E-state index contributed by atoms with van der Waals surface area (Å²) in [4.78, 5) is 9.00. The zero-order valence-corrected chi connectivity index (χ0v) is 16.3. The van der Waals surface area contributed by atoms with Crippen LogP contribution in [0.25, 0.3) is 0 Å². The van der Waals surface area contributed by atoms with E-state index in [-0.39, 0.29) is 5.54 Å². The van der Waals surface area contributed by atoms with E-state index in [0.29, 0.717) is 0 Å². The van der Waals surface area contributed by atoms with Crippen molar-refractivity contribution in [3.05, 3.63) is 0 Å². The first-order chi connectivity index (χ1) is 10.8. The largest absolute Gasteiger partial charge is 0.481 e. The van der Waals surface area contributed by atoms with Crippen molar-refractivity contribution in [1.82, 2.24) is 0 Å². The SMILES string of the molecule is CC(=O)O.CCCCCCCCCCCCCCCC(C)(C)N. The fourth-order valence-electron chi connectivity index (χ4n) is 2.60. The van der Waals surface area contributed by atoms with Gasteiger partial charge in [-0.05, 0) is 20.3 Å². The smallest absolute Gasteiger partial charge is 0.300 e. The number of carbonyl (C=O) groups is 1. The number of carboxylic acid groups (broad SMARTS) is 1. The summed E-state index contributed by atoms with van der Waals surface area (Å²) in [6.07, 6.45) is 19.7. The molecule has 0 unspecified atom stereocenters. The molecule has 0 aliphatic carbocycles. The normalized spacial score (nSPS) is 11.0. The maximum Gasteiger partial charge on any atom is 0.300 e. The van der Waals surface area contributed by atoms with Crippen LogP contribution < -0.4 is 5.73 Å². The molecule has 0 atom stereocenters. The Morgan fingerprint density at radius 1 is 0.783 bits per heavy atom. The predicted molar refractivity (Wildman–Crippen MR) is 102 cm³/mol. The predicted octanol–water partition coefficient (Wildman–Crippen LogP) is 6.30. The van der Waals surface area contributed by atoms with E-state index in [9.17, 15) is 0 Å². The van der Waals surface area contributed by atoms with Crippen molar-refractivity contribution >= 4 is 5.97 Å². The molecule has 23 heavy (non-hydrogen) atoms. The molecule has 3 nitrogen and oxygen atoms in total. The molecule has 0 spiro atoms. The van der Waals surface area contributed by atoms with Gasteiger partial charge in [-0.1, -0.05) is 90.4 Å². The summed E-state index contributed by atoms with van der Waals surface area (Å²) >= 11 is 0. The van der Waals surface area contributed by atoms with E-state index in [1.54, 1.807) is 0 Å². The maximum absolute atomic E-state index is 9.00. The Balaban J connectivity index is 0. The van der Waals surface area contributed by atoms with Gasteiger partial charge in [-0.25, -0.2) is 0 Å². The van der Waals surface area contributed by atoms with Gasteiger partial charge in [-0.2, -0.15) is 0 Å². The van der Waals surface area contributed by atoms with E-state index in [1.807, 2.05) is 0 Å². The Bertz CT molecular complexity index is 243. The number of aliphatic carboxylic acids is 1. The van der Waals surface area contributed by atoms with Gasteiger partial charge < -0.3 is 10.8 Å². The first kappa shape index (κ1) is 24.7. The second-order valence-corrected chi connectivity index (χ2v) is 7.50. The quantitative estimate of drug-likeness (QED) is 0.368. The van der Waals surface area contributed by atoms with Gasteiger partial charge in [-0.15, -0.1) is 0 Å². The minimum atomic E-state index is -0.833. The van der Waals surface area contributed by atoms with Crippen LogP contribution >= 0.6 is 0 Å². The molecule has 0 aromatic carbocycles. The Morgan fingerprint density at radius 3 is 1.30 bits per heavy atom. The van der Waals surface area contributed by atoms with Crippen molar-refractivity contribution in [2.45, 2.75) is 123 Å². The summed E-state index contributed by atoms with van der Waals surface area (Å²) < 4.78 is 0. The maximum atomic E-state index is 9.00. The zero-order valence-electron chi connectivity index (χ0n) is 16.3. The fraction of sp³-hybridized carbons (Fsp3) is 0.950. The fourth-order valence-corrected chi connectivity index (χ4v) is 2.60. The Morgan fingerprint density at radius 2 is 1.04 bits per heavy atom. The Kier molecular flexibility index (Phi) is 19.1. The second kappa shape index (κ2) is 17.8. The van der Waals surface area contributed by atoms with Crippen LogP contribution in [0, 0.1) is 0 Å². The number of carboxylic acids is 1. The third kappa shape index (κ3) is 34.0. The van der Waals surface area contributed by atoms with Gasteiger partial charge in [-0.3, -0.25) is 4.79 Å². The highest BCUT2D eigenvalue weighted by Gasteiger charge is 2.08. The summed E-state index contributed by atoms with van der Waals surface area (Å²) in [6, 6.07) is 0. The lowest BCUT2D eigenvalue weighted by Crippen LogP contribution is -2.31. The van der Waals surface area contributed by atoms with Crippen LogP contribution in [-0.4, -0.2) is 16.6 Å². The molecule has 0 aliphatic rings. The number of hydrogen-bond acceptors (Lipinski definition) is 2. The van der Waals surface area contributed by atoms with E-state index in [0.717, 1.165) is 6.92 Å². The molecule has 3 heteroatoms. The van der Waals surface area contributed by atoms with Crippen LogP contribution in [0.3, 0.4) is 0 Å². The molecule has 0 saturated heterocycles. The van der Waals surface area contributed by atoms with Crippen LogP contribution in [0.15, 0.2) is 0 Å². The van der Waals surface area contributed by atoms with Crippen molar-refractivity contribution in [2.75, 3.05) is 0 Å². The summed E-state index contributed by atoms with van der Waals surface area (Å²) in [6.45, 7) is 7.63. The number of rotatable bonds is 14. The first-order valence-electron chi connectivity index (χ1n) is 9.78. The number of hydrogen-bond donors (Lipinski definition) is 2. The number of nitrogens with two attached hydrogens (primary N) is 1. The topological polar surface area (TPSA) is 63.3 Å². The van der Waals surface area contributed by atoms with Crippen molar-refractivity contribution < 1.29 is 9.90 Å². The first-order valence-corrected chi connectivity index (χ1v) is 9.78. The van der Waals surface area contributed by atoms with E-state index in [2.05, 4.69) is 20.8 Å². The van der Waals surface area contributed by atoms with Gasteiger partial charge in [0, 0.05) is 12.5 Å². The standard InChI is InChI=1S/C18H39N.C2H4O2/c1-4-5-6-7-8-9-10-11-12-13-14-15-16-17-18(2,3)19;1-2(3)4/h4-17,19H2,1-3H3;1H3,(H,3,4). The van der Waals surface area contributed by atoms with Crippen LogP contribution in [0.2, 0.25) is 0 Å². The van der Waals surface area contributed by atoms with E-state index >= 15 is 0 Å². The Hall–Kier alpha value is -0.570. The molecule has 0 bridgehead atoms. The Labute approximate surface area is 145 Å². The van der Waals surface area contributed by atoms with E-state index in [4.69, 9.17) is 15.6 Å². The third-order valence-electron chi connectivity index (χ3n) is 3.92. The van der Waals surface area contributed by atoms with Crippen molar-refractivity contribution in [2.24, 2.45) is 5.73 Å². The van der Waals surface area contributed by atoms with Gasteiger partial charge in [0.25, 0.3) is 5.97 Å². The van der Waals surface area contributed by atoms with Gasteiger partial charge in [0.05, 0.1) is 0 Å². The minimum absolute atomic E-state index is 0.0395. The highest BCUT2D eigenvalue weighted by molar-refractivity contribution is 5.62. The lowest BCUT2D eigenvalue weighted by Gasteiger charge is -2.17. The van der Waals surface area contributed by atoms with Crippen molar-refractivity contribution in [1.29, 1.82) is 0 Å². The molecule has 0 radical (unpaired) electrons.